The first-order chi connectivity index (χ1) is 25.3. The van der Waals surface area contributed by atoms with E-state index in [1.165, 1.54) is 45.5 Å². The highest BCUT2D eigenvalue weighted by Gasteiger charge is 2.39. The molecule has 0 saturated carbocycles. The summed E-state index contributed by atoms with van der Waals surface area (Å²) in [4.78, 5) is 4.79. The van der Waals surface area contributed by atoms with E-state index in [0.29, 0.717) is 0 Å². The Balaban J connectivity index is 1.20. The zero-order valence-corrected chi connectivity index (χ0v) is 30.6. The zero-order valence-electron chi connectivity index (χ0n) is 30.6. The van der Waals surface area contributed by atoms with E-state index in [1.54, 1.807) is 0 Å². The number of nitrogens with zero attached hydrogens (tertiary/aromatic N) is 2. The van der Waals surface area contributed by atoms with Crippen LogP contribution < -0.4 is 9.80 Å². The Bertz CT molecular complexity index is 2230. The summed E-state index contributed by atoms with van der Waals surface area (Å²) in [7, 11) is 0. The number of hydrogen-bond donors (Lipinski definition) is 0. The summed E-state index contributed by atoms with van der Waals surface area (Å²) in [6.45, 7) is 9.66. The van der Waals surface area contributed by atoms with E-state index in [0.717, 1.165) is 34.9 Å². The van der Waals surface area contributed by atoms with Crippen molar-refractivity contribution in [3.05, 3.63) is 193 Å². The van der Waals surface area contributed by atoms with Crippen LogP contribution in [0, 0.1) is 0 Å². The summed E-state index contributed by atoms with van der Waals surface area (Å²) in [5.41, 5.74) is 14.9. The second kappa shape index (κ2) is 13.7. The Labute approximate surface area is 309 Å². The fraction of sp³-hybridized carbons (Fsp3) is 0.160. The van der Waals surface area contributed by atoms with Gasteiger partial charge in [0.15, 0.2) is 0 Å². The highest BCUT2D eigenvalue weighted by Crippen LogP contribution is 2.52. The molecule has 0 bridgehead atoms. The predicted molar refractivity (Wildman–Crippen MR) is 222 cm³/mol. The van der Waals surface area contributed by atoms with Crippen molar-refractivity contribution >= 4 is 34.1 Å². The van der Waals surface area contributed by atoms with Crippen LogP contribution in [0.3, 0.4) is 0 Å². The molecule has 0 aliphatic heterocycles. The number of para-hydroxylation sites is 2. The summed E-state index contributed by atoms with van der Waals surface area (Å²) in [5.74, 6) is 0. The molecule has 2 heteroatoms. The molecule has 0 heterocycles. The first-order valence-electron chi connectivity index (χ1n) is 18.5. The maximum atomic E-state index is 2.49. The zero-order chi connectivity index (χ0) is 35.7. The lowest BCUT2D eigenvalue weighted by atomic mass is 9.62. The van der Waals surface area contributed by atoms with Crippen molar-refractivity contribution in [2.24, 2.45) is 0 Å². The van der Waals surface area contributed by atoms with Gasteiger partial charge in [-0.1, -0.05) is 143 Å². The molecule has 256 valence electrons. The predicted octanol–water partition coefficient (Wildman–Crippen LogP) is 14.3. The van der Waals surface area contributed by atoms with Crippen LogP contribution in [-0.2, 0) is 10.8 Å². The van der Waals surface area contributed by atoms with Gasteiger partial charge in [0.25, 0.3) is 0 Å². The number of benzene rings is 7. The number of hydrogen-bond acceptors (Lipinski definition) is 2. The molecular formula is C50H46N2. The number of rotatable bonds is 8. The third kappa shape index (κ3) is 6.42. The van der Waals surface area contributed by atoms with Crippen molar-refractivity contribution in [3.63, 3.8) is 0 Å². The molecule has 0 atom stereocenters. The van der Waals surface area contributed by atoms with Gasteiger partial charge >= 0.3 is 0 Å². The van der Waals surface area contributed by atoms with Crippen LogP contribution in [0.5, 0.6) is 0 Å². The Morgan fingerprint density at radius 3 is 1.35 bits per heavy atom. The van der Waals surface area contributed by atoms with Gasteiger partial charge in [0.05, 0.1) is 5.69 Å². The summed E-state index contributed by atoms with van der Waals surface area (Å²) in [6.07, 6.45) is 2.34. The number of fused-ring (bicyclic) bond motifs is 1. The van der Waals surface area contributed by atoms with Gasteiger partial charge in [-0.15, -0.1) is 0 Å². The Hall–Kier alpha value is -5.86. The van der Waals surface area contributed by atoms with Gasteiger partial charge in [-0.05, 0) is 124 Å². The van der Waals surface area contributed by atoms with E-state index in [2.05, 4.69) is 219 Å². The molecule has 0 spiro atoms. The fourth-order valence-corrected chi connectivity index (χ4v) is 7.98. The normalized spacial score (nSPS) is 14.3. The van der Waals surface area contributed by atoms with Crippen molar-refractivity contribution in [2.75, 3.05) is 9.80 Å². The average Bonchev–Trinajstić information content (AvgIpc) is 3.19. The lowest BCUT2D eigenvalue weighted by Crippen LogP contribution is -2.35. The smallest absolute Gasteiger partial charge is 0.0502 e. The molecule has 0 radical (unpaired) electrons. The molecule has 52 heavy (non-hydrogen) atoms. The minimum Gasteiger partial charge on any atom is -0.311 e. The van der Waals surface area contributed by atoms with E-state index in [9.17, 15) is 0 Å². The Kier molecular flexibility index (Phi) is 8.77. The average molecular weight is 675 g/mol. The van der Waals surface area contributed by atoms with Gasteiger partial charge in [0.2, 0.25) is 0 Å². The maximum absolute atomic E-state index is 2.49. The summed E-state index contributed by atoms with van der Waals surface area (Å²) >= 11 is 0. The second-order valence-electron chi connectivity index (χ2n) is 15.3. The molecule has 0 saturated heterocycles. The van der Waals surface area contributed by atoms with Gasteiger partial charge in [-0.3, -0.25) is 0 Å². The topological polar surface area (TPSA) is 6.48 Å². The van der Waals surface area contributed by atoms with Crippen molar-refractivity contribution in [1.82, 2.24) is 0 Å². The molecule has 0 N–H and O–H groups in total. The molecule has 0 unspecified atom stereocenters. The van der Waals surface area contributed by atoms with Crippen LogP contribution in [0.25, 0.3) is 22.3 Å². The first-order valence-corrected chi connectivity index (χ1v) is 18.5. The van der Waals surface area contributed by atoms with Crippen molar-refractivity contribution in [1.29, 1.82) is 0 Å². The van der Waals surface area contributed by atoms with Crippen LogP contribution in [-0.4, -0.2) is 0 Å². The lowest BCUT2D eigenvalue weighted by molar-refractivity contribution is 0.332. The molecule has 1 aliphatic rings. The molecule has 2 nitrogen and oxygen atoms in total. The molecule has 1 aliphatic carbocycles. The van der Waals surface area contributed by atoms with Crippen LogP contribution in [0.2, 0.25) is 0 Å². The highest BCUT2D eigenvalue weighted by atomic mass is 15.1. The fourth-order valence-electron chi connectivity index (χ4n) is 7.98. The lowest BCUT2D eigenvalue weighted by Gasteiger charge is -2.44. The van der Waals surface area contributed by atoms with Crippen LogP contribution in [0.4, 0.5) is 34.1 Å². The van der Waals surface area contributed by atoms with Crippen LogP contribution in [0.1, 0.15) is 51.7 Å². The monoisotopic (exact) mass is 674 g/mol. The SMILES string of the molecule is CC1(C)CCC(C)(C)c2c(N(c3ccc(-c4ccc(N(c5ccccc5)c5ccccc5)cc4)cc3)c3cccc(-c4ccccc4)c3)cccc21. The molecule has 0 aromatic heterocycles. The van der Waals surface area contributed by atoms with Crippen LogP contribution >= 0.6 is 0 Å². The summed E-state index contributed by atoms with van der Waals surface area (Å²) in [5, 5.41) is 0. The molecule has 0 fully saturated rings. The van der Waals surface area contributed by atoms with E-state index in [-0.39, 0.29) is 10.8 Å². The van der Waals surface area contributed by atoms with E-state index >= 15 is 0 Å². The second-order valence-corrected chi connectivity index (χ2v) is 15.3. The molecule has 8 rings (SSSR count). The van der Waals surface area contributed by atoms with Crippen molar-refractivity contribution < 1.29 is 0 Å². The minimum atomic E-state index is 0.0474. The first kappa shape index (κ1) is 33.3. The third-order valence-electron chi connectivity index (χ3n) is 10.9. The maximum Gasteiger partial charge on any atom is 0.0502 e. The highest BCUT2D eigenvalue weighted by molar-refractivity contribution is 5.84. The Morgan fingerprint density at radius 1 is 0.346 bits per heavy atom. The van der Waals surface area contributed by atoms with Crippen LogP contribution in [0.15, 0.2) is 182 Å². The van der Waals surface area contributed by atoms with Gasteiger partial charge in [0, 0.05) is 28.4 Å². The summed E-state index contributed by atoms with van der Waals surface area (Å²) < 4.78 is 0. The Morgan fingerprint density at radius 2 is 0.769 bits per heavy atom. The van der Waals surface area contributed by atoms with E-state index < -0.39 is 0 Å². The van der Waals surface area contributed by atoms with Gasteiger partial charge in [-0.2, -0.15) is 0 Å². The van der Waals surface area contributed by atoms with E-state index in [4.69, 9.17) is 0 Å². The largest absolute Gasteiger partial charge is 0.311 e. The van der Waals surface area contributed by atoms with E-state index in [1.807, 2.05) is 0 Å². The molecule has 0 amide bonds. The molecular weight excluding hydrogens is 629 g/mol. The number of anilines is 6. The quantitative estimate of drug-likeness (QED) is 0.158. The molecule has 7 aromatic rings. The minimum absolute atomic E-state index is 0.0474. The van der Waals surface area contributed by atoms with Gasteiger partial charge < -0.3 is 9.80 Å². The third-order valence-corrected chi connectivity index (χ3v) is 10.9. The van der Waals surface area contributed by atoms with Gasteiger partial charge in [-0.25, -0.2) is 0 Å². The van der Waals surface area contributed by atoms with Crippen molar-refractivity contribution in [2.45, 2.75) is 51.4 Å². The van der Waals surface area contributed by atoms with Gasteiger partial charge in [0.1, 0.15) is 0 Å². The summed E-state index contributed by atoms with van der Waals surface area (Å²) in [6, 6.07) is 65.8. The van der Waals surface area contributed by atoms with Crippen molar-refractivity contribution in [3.8, 4) is 22.3 Å². The standard InChI is InChI=1S/C50H46N2/c1-49(2)34-35-50(3,4)48-46(49)24-15-25-47(48)52(45-23-14-18-40(36-45)37-16-8-5-9-17-37)44-32-28-39(29-33-44)38-26-30-43(31-27-38)51(41-19-10-6-11-20-41)42-21-12-7-13-22-42/h5-33,36H,34-35H2,1-4H3. The molecule has 7 aromatic carbocycles.